The first kappa shape index (κ1) is 15.2. The normalized spacial score (nSPS) is 12.0. The fourth-order valence-electron chi connectivity index (χ4n) is 1.30. The van der Waals surface area contributed by atoms with E-state index in [0.29, 0.717) is 16.8 Å². The number of carbonyl (C=O) groups is 1. The Morgan fingerprint density at radius 1 is 1.37 bits per heavy atom. The molecule has 0 aliphatic rings. The van der Waals surface area contributed by atoms with Crippen LogP contribution in [0.15, 0.2) is 24.3 Å². The highest BCUT2D eigenvalue weighted by Gasteiger charge is 2.13. The van der Waals surface area contributed by atoms with Crippen LogP contribution < -0.4 is 4.72 Å². The molecular formula is C12H16N2O4S. The Hall–Kier alpha value is -1.86. The molecule has 0 saturated heterocycles. The van der Waals surface area contributed by atoms with Crippen molar-refractivity contribution >= 4 is 27.9 Å². The summed E-state index contributed by atoms with van der Waals surface area (Å²) < 4.78 is 26.9. The van der Waals surface area contributed by atoms with Crippen LogP contribution in [0.3, 0.4) is 0 Å². The molecule has 0 unspecified atom stereocenters. The molecule has 0 aliphatic carbocycles. The maximum atomic E-state index is 11.7. The van der Waals surface area contributed by atoms with Gasteiger partial charge in [-0.25, -0.2) is 4.79 Å². The number of hydrogen-bond donors (Lipinski definition) is 2. The van der Waals surface area contributed by atoms with Gasteiger partial charge in [-0.2, -0.15) is 12.7 Å². The van der Waals surface area contributed by atoms with Crippen LogP contribution in [0.25, 0.3) is 6.08 Å². The van der Waals surface area contributed by atoms with Crippen LogP contribution in [0, 0.1) is 6.92 Å². The van der Waals surface area contributed by atoms with E-state index in [1.54, 1.807) is 25.1 Å². The predicted molar refractivity (Wildman–Crippen MR) is 74.1 cm³/mol. The first-order chi connectivity index (χ1) is 8.72. The van der Waals surface area contributed by atoms with Crippen molar-refractivity contribution in [3.05, 3.63) is 35.4 Å². The summed E-state index contributed by atoms with van der Waals surface area (Å²) in [7, 11) is -0.677. The average molecular weight is 284 g/mol. The van der Waals surface area contributed by atoms with E-state index in [9.17, 15) is 13.2 Å². The van der Waals surface area contributed by atoms with Gasteiger partial charge < -0.3 is 5.11 Å². The maximum absolute atomic E-state index is 11.7. The van der Waals surface area contributed by atoms with Gasteiger partial charge in [-0.3, -0.25) is 4.72 Å². The molecule has 1 aromatic rings. The third kappa shape index (κ3) is 4.38. The van der Waals surface area contributed by atoms with Crippen molar-refractivity contribution in [1.82, 2.24) is 4.31 Å². The summed E-state index contributed by atoms with van der Waals surface area (Å²) in [6.45, 7) is 1.74. The second-order valence-electron chi connectivity index (χ2n) is 4.14. The van der Waals surface area contributed by atoms with Crippen LogP contribution in [0.1, 0.15) is 11.1 Å². The first-order valence-corrected chi connectivity index (χ1v) is 6.88. The SMILES string of the molecule is Cc1cc(/C=C/C(=O)O)ccc1NS(=O)(=O)N(C)C. The third-order valence-corrected chi connectivity index (χ3v) is 3.83. The Kier molecular flexibility index (Phi) is 4.68. The van der Waals surface area contributed by atoms with Gasteiger partial charge in [0.1, 0.15) is 0 Å². The molecular weight excluding hydrogens is 268 g/mol. The van der Waals surface area contributed by atoms with Crippen molar-refractivity contribution in [3.63, 3.8) is 0 Å². The van der Waals surface area contributed by atoms with Gasteiger partial charge in [-0.05, 0) is 36.3 Å². The van der Waals surface area contributed by atoms with E-state index in [0.717, 1.165) is 10.4 Å². The van der Waals surface area contributed by atoms with E-state index in [-0.39, 0.29) is 0 Å². The zero-order valence-electron chi connectivity index (χ0n) is 10.9. The Morgan fingerprint density at radius 2 is 2.00 bits per heavy atom. The summed E-state index contributed by atoms with van der Waals surface area (Å²) in [5.74, 6) is -1.03. The van der Waals surface area contributed by atoms with Gasteiger partial charge in [-0.1, -0.05) is 6.07 Å². The monoisotopic (exact) mass is 284 g/mol. The maximum Gasteiger partial charge on any atom is 0.328 e. The average Bonchev–Trinajstić information content (AvgIpc) is 2.29. The van der Waals surface area contributed by atoms with Gasteiger partial charge in [0.2, 0.25) is 0 Å². The van der Waals surface area contributed by atoms with Crippen molar-refractivity contribution in [1.29, 1.82) is 0 Å². The quantitative estimate of drug-likeness (QED) is 0.798. The van der Waals surface area contributed by atoms with Crippen molar-refractivity contribution in [2.45, 2.75) is 6.92 Å². The van der Waals surface area contributed by atoms with Crippen molar-refractivity contribution in [3.8, 4) is 0 Å². The van der Waals surface area contributed by atoms with Crippen LogP contribution in [0.4, 0.5) is 5.69 Å². The summed E-state index contributed by atoms with van der Waals surface area (Å²) in [5, 5.41) is 8.53. The molecule has 19 heavy (non-hydrogen) atoms. The number of nitrogens with one attached hydrogen (secondary N) is 1. The number of rotatable bonds is 5. The Balaban J connectivity index is 2.99. The van der Waals surface area contributed by atoms with E-state index in [4.69, 9.17) is 5.11 Å². The lowest BCUT2D eigenvalue weighted by molar-refractivity contribution is -0.131. The second-order valence-corrected chi connectivity index (χ2v) is 6.02. The van der Waals surface area contributed by atoms with Crippen LogP contribution in [-0.2, 0) is 15.0 Å². The van der Waals surface area contributed by atoms with Gasteiger partial charge in [0.15, 0.2) is 0 Å². The number of aliphatic carboxylic acids is 1. The minimum Gasteiger partial charge on any atom is -0.478 e. The van der Waals surface area contributed by atoms with E-state index in [2.05, 4.69) is 4.72 Å². The number of nitrogens with zero attached hydrogens (tertiary/aromatic N) is 1. The molecule has 0 bridgehead atoms. The standard InChI is InChI=1S/C12H16N2O4S/c1-9-8-10(5-7-12(15)16)4-6-11(9)13-19(17,18)14(2)3/h4-8,13H,1-3H3,(H,15,16)/b7-5+. The van der Waals surface area contributed by atoms with Gasteiger partial charge in [-0.15, -0.1) is 0 Å². The topological polar surface area (TPSA) is 86.7 Å². The van der Waals surface area contributed by atoms with Crippen LogP contribution in [0.5, 0.6) is 0 Å². The van der Waals surface area contributed by atoms with E-state index >= 15 is 0 Å². The first-order valence-electron chi connectivity index (χ1n) is 5.44. The lowest BCUT2D eigenvalue weighted by Crippen LogP contribution is -2.29. The summed E-state index contributed by atoms with van der Waals surface area (Å²) >= 11 is 0. The van der Waals surface area contributed by atoms with Crippen molar-refractivity contribution < 1.29 is 18.3 Å². The highest BCUT2D eigenvalue weighted by atomic mass is 32.2. The van der Waals surface area contributed by atoms with Crippen LogP contribution in [0.2, 0.25) is 0 Å². The summed E-state index contributed by atoms with van der Waals surface area (Å²) in [6, 6.07) is 4.94. The number of hydrogen-bond acceptors (Lipinski definition) is 3. The molecule has 0 aliphatic heterocycles. The molecule has 0 fully saturated rings. The molecule has 104 valence electrons. The number of benzene rings is 1. The van der Waals surface area contributed by atoms with E-state index in [1.165, 1.54) is 20.2 Å². The van der Waals surface area contributed by atoms with Gasteiger partial charge in [0, 0.05) is 20.2 Å². The number of aryl methyl sites for hydroxylation is 1. The summed E-state index contributed by atoms with van der Waals surface area (Å²) in [4.78, 5) is 10.4. The Morgan fingerprint density at radius 3 is 2.47 bits per heavy atom. The smallest absolute Gasteiger partial charge is 0.328 e. The highest BCUT2D eigenvalue weighted by molar-refractivity contribution is 7.90. The molecule has 7 heteroatoms. The van der Waals surface area contributed by atoms with Crippen LogP contribution >= 0.6 is 0 Å². The highest BCUT2D eigenvalue weighted by Crippen LogP contribution is 2.19. The molecule has 0 amide bonds. The molecule has 6 nitrogen and oxygen atoms in total. The van der Waals surface area contributed by atoms with E-state index < -0.39 is 16.2 Å². The molecule has 1 aromatic carbocycles. The minimum atomic E-state index is -3.54. The number of carboxylic acids is 1. The van der Waals surface area contributed by atoms with Gasteiger partial charge in [0.25, 0.3) is 0 Å². The predicted octanol–water partition coefficient (Wildman–Crippen LogP) is 1.31. The lowest BCUT2D eigenvalue weighted by atomic mass is 10.1. The fraction of sp³-hybridized carbons (Fsp3) is 0.250. The second kappa shape index (κ2) is 5.85. The molecule has 0 aromatic heterocycles. The third-order valence-electron chi connectivity index (χ3n) is 2.39. The zero-order chi connectivity index (χ0) is 14.6. The molecule has 1 rings (SSSR count). The summed E-state index contributed by atoms with van der Waals surface area (Å²) in [5.41, 5.74) is 1.85. The van der Waals surface area contributed by atoms with Gasteiger partial charge >= 0.3 is 16.2 Å². The number of anilines is 1. The fourth-order valence-corrected chi connectivity index (χ4v) is 1.99. The largest absolute Gasteiger partial charge is 0.478 e. The van der Waals surface area contributed by atoms with Gasteiger partial charge in [0.05, 0.1) is 5.69 Å². The summed E-state index contributed by atoms with van der Waals surface area (Å²) in [6.07, 6.45) is 2.47. The molecule has 0 heterocycles. The lowest BCUT2D eigenvalue weighted by Gasteiger charge is -2.15. The Labute approximate surface area is 112 Å². The zero-order valence-corrected chi connectivity index (χ0v) is 11.7. The molecule has 0 atom stereocenters. The Bertz CT molecular complexity index is 606. The van der Waals surface area contributed by atoms with Crippen LogP contribution in [-0.4, -0.2) is 37.9 Å². The molecule has 0 saturated carbocycles. The molecule has 2 N–H and O–H groups in total. The number of carboxylic acid groups (broad SMARTS) is 1. The molecule has 0 spiro atoms. The minimum absolute atomic E-state index is 0.459. The van der Waals surface area contributed by atoms with Crippen molar-refractivity contribution in [2.24, 2.45) is 0 Å². The van der Waals surface area contributed by atoms with Crippen molar-refractivity contribution in [2.75, 3.05) is 18.8 Å². The molecule has 0 radical (unpaired) electrons. The van der Waals surface area contributed by atoms with E-state index in [1.807, 2.05) is 0 Å².